The number of nitrogens with zero attached hydrogens (tertiary/aromatic N) is 2. The van der Waals surface area contributed by atoms with E-state index >= 15 is 0 Å². The van der Waals surface area contributed by atoms with E-state index in [0.29, 0.717) is 24.4 Å². The molecule has 2 aliphatic heterocycles. The second-order valence-corrected chi connectivity index (χ2v) is 9.38. The molecule has 3 heterocycles. The number of ketones is 1. The third kappa shape index (κ3) is 6.70. The van der Waals surface area contributed by atoms with Crippen LogP contribution in [0.1, 0.15) is 67.0 Å². The number of carbonyl (C=O) groups is 2. The van der Waals surface area contributed by atoms with E-state index in [0.717, 1.165) is 37.3 Å². The number of rotatable bonds is 5. The molecule has 1 fully saturated rings. The summed E-state index contributed by atoms with van der Waals surface area (Å²) in [5.74, 6) is 0.512. The van der Waals surface area contributed by atoms with Gasteiger partial charge in [-0.05, 0) is 46.7 Å². The summed E-state index contributed by atoms with van der Waals surface area (Å²) in [5, 5.41) is 10.7. The van der Waals surface area contributed by atoms with Crippen LogP contribution in [0.2, 0.25) is 0 Å². The highest BCUT2D eigenvalue weighted by Gasteiger charge is 2.31. The zero-order chi connectivity index (χ0) is 22.3. The van der Waals surface area contributed by atoms with Gasteiger partial charge in [-0.15, -0.1) is 11.3 Å². The number of nitrogens with one attached hydrogen (secondary N) is 1. The predicted octanol–water partition coefficient (Wildman–Crippen LogP) is 3.94. The van der Waals surface area contributed by atoms with Crippen LogP contribution in [-0.4, -0.2) is 47.7 Å². The molecule has 0 saturated carbocycles. The molecule has 0 bridgehead atoms. The number of hydrogen-bond donors (Lipinski definition) is 1. The molecule has 7 nitrogen and oxygen atoms in total. The first kappa shape index (κ1) is 23.1. The largest absolute Gasteiger partial charge is 0.462 e. The van der Waals surface area contributed by atoms with Crippen molar-refractivity contribution in [3.63, 3.8) is 0 Å². The number of benzene rings is 1. The van der Waals surface area contributed by atoms with Gasteiger partial charge in [0.1, 0.15) is 11.3 Å². The van der Waals surface area contributed by atoms with Crippen LogP contribution in [-0.2, 0) is 14.4 Å². The Bertz CT molecular complexity index is 899. The molecule has 2 aliphatic rings. The molecule has 0 aliphatic carbocycles. The van der Waals surface area contributed by atoms with E-state index in [-0.39, 0.29) is 11.4 Å². The second kappa shape index (κ2) is 10.6. The Hall–Kier alpha value is -2.58. The minimum atomic E-state index is -0.536. The molecule has 1 saturated heterocycles. The van der Waals surface area contributed by atoms with Gasteiger partial charge in [0.15, 0.2) is 6.10 Å². The first-order valence-corrected chi connectivity index (χ1v) is 11.4. The maximum Gasteiger partial charge on any atom is 0.293 e. The van der Waals surface area contributed by atoms with E-state index in [9.17, 15) is 9.59 Å². The summed E-state index contributed by atoms with van der Waals surface area (Å²) in [7, 11) is 0. The van der Waals surface area contributed by atoms with Crippen molar-refractivity contribution >= 4 is 29.3 Å². The zero-order valence-electron chi connectivity index (χ0n) is 18.2. The molecule has 31 heavy (non-hydrogen) atoms. The third-order valence-electron chi connectivity index (χ3n) is 4.93. The number of hydrogen-bond acceptors (Lipinski definition) is 8. The summed E-state index contributed by atoms with van der Waals surface area (Å²) >= 11 is 1.69. The van der Waals surface area contributed by atoms with Crippen LogP contribution in [0.5, 0.6) is 0 Å². The molecule has 2 aromatic rings. The molecule has 1 aromatic heterocycles. The number of ether oxygens (including phenoxy) is 1. The quantitative estimate of drug-likeness (QED) is 0.556. The Balaban J connectivity index is 0.000000339. The molecule has 1 unspecified atom stereocenters. The zero-order valence-corrected chi connectivity index (χ0v) is 19.0. The van der Waals surface area contributed by atoms with Crippen molar-refractivity contribution in [2.75, 3.05) is 13.1 Å². The van der Waals surface area contributed by atoms with Gasteiger partial charge in [-0.1, -0.05) is 35.5 Å². The molecule has 4 rings (SSSR count). The lowest BCUT2D eigenvalue weighted by molar-refractivity contribution is -0.138. The first-order valence-electron chi connectivity index (χ1n) is 10.5. The standard InChI is InChI=1S/C18H19N3O2S.C5H10O2/c22-17(12-4-2-1-3-5-12)16-10-14(21-23-16)15-11-24-18(20-15)13-6-8-19-9-7-13;1-5(2,3)7-4-6/h1-5,11,13,16,19H,6-10H2;4H,1-3H3. The van der Waals surface area contributed by atoms with Gasteiger partial charge in [0.25, 0.3) is 6.47 Å². The summed E-state index contributed by atoms with van der Waals surface area (Å²) < 4.78 is 4.55. The maximum atomic E-state index is 12.5. The van der Waals surface area contributed by atoms with E-state index < -0.39 is 6.10 Å². The fourth-order valence-electron chi connectivity index (χ4n) is 3.28. The van der Waals surface area contributed by atoms with Gasteiger partial charge in [0.2, 0.25) is 5.78 Å². The van der Waals surface area contributed by atoms with E-state index in [4.69, 9.17) is 9.82 Å². The fraction of sp³-hybridized carbons (Fsp3) is 0.478. The molecule has 0 spiro atoms. The number of aromatic nitrogens is 1. The minimum absolute atomic E-state index is 0.0249. The molecular weight excluding hydrogens is 414 g/mol. The molecular formula is C23H29N3O4S. The fourth-order valence-corrected chi connectivity index (χ4v) is 4.28. The minimum Gasteiger partial charge on any atom is -0.462 e. The number of Topliss-reactive ketones (excluding diaryl/α,β-unsaturated/α-hetero) is 1. The van der Waals surface area contributed by atoms with Crippen LogP contribution in [0, 0.1) is 0 Å². The van der Waals surface area contributed by atoms with Crippen molar-refractivity contribution in [3.8, 4) is 0 Å². The van der Waals surface area contributed by atoms with Gasteiger partial charge in [-0.3, -0.25) is 9.59 Å². The SMILES string of the molecule is CC(C)(C)OC=O.O=C(c1ccccc1)C1CC(c2csc(C3CCNCC3)n2)=NO1. The van der Waals surface area contributed by atoms with E-state index in [1.165, 1.54) is 5.01 Å². The maximum absolute atomic E-state index is 12.5. The van der Waals surface area contributed by atoms with Crippen molar-refractivity contribution in [1.29, 1.82) is 0 Å². The molecule has 1 N–H and O–H groups in total. The normalized spacial score (nSPS) is 18.9. The van der Waals surface area contributed by atoms with Crippen LogP contribution >= 0.6 is 11.3 Å². The summed E-state index contributed by atoms with van der Waals surface area (Å²) in [5.41, 5.74) is 1.98. The molecule has 1 atom stereocenters. The number of carbonyl (C=O) groups excluding carboxylic acids is 2. The van der Waals surface area contributed by atoms with Gasteiger partial charge in [-0.25, -0.2) is 4.98 Å². The van der Waals surface area contributed by atoms with Crippen molar-refractivity contribution in [2.24, 2.45) is 5.16 Å². The smallest absolute Gasteiger partial charge is 0.293 e. The van der Waals surface area contributed by atoms with E-state index in [2.05, 4.69) is 15.2 Å². The summed E-state index contributed by atoms with van der Waals surface area (Å²) in [6.45, 7) is 8.03. The van der Waals surface area contributed by atoms with Gasteiger partial charge < -0.3 is 14.9 Å². The lowest BCUT2D eigenvalue weighted by atomic mass is 9.99. The van der Waals surface area contributed by atoms with Crippen molar-refractivity contribution in [3.05, 3.63) is 52.0 Å². The molecule has 166 valence electrons. The van der Waals surface area contributed by atoms with Gasteiger partial charge in [0.05, 0.1) is 10.7 Å². The molecule has 0 radical (unpaired) electrons. The molecule has 0 amide bonds. The summed E-state index contributed by atoms with van der Waals surface area (Å²) in [4.78, 5) is 32.2. The topological polar surface area (TPSA) is 89.9 Å². The molecule has 8 heteroatoms. The number of thiazole rings is 1. The highest BCUT2D eigenvalue weighted by atomic mass is 32.1. The average Bonchev–Trinajstić information content (AvgIpc) is 3.44. The summed E-state index contributed by atoms with van der Waals surface area (Å²) in [6.07, 6.45) is 2.21. The van der Waals surface area contributed by atoms with Gasteiger partial charge in [-0.2, -0.15) is 0 Å². The van der Waals surface area contributed by atoms with Crippen molar-refractivity contribution in [1.82, 2.24) is 10.3 Å². The van der Waals surface area contributed by atoms with Crippen LogP contribution < -0.4 is 5.32 Å². The van der Waals surface area contributed by atoms with Gasteiger partial charge >= 0.3 is 0 Å². The van der Waals surface area contributed by atoms with Gasteiger partial charge in [0, 0.05) is 23.3 Å². The lowest BCUT2D eigenvalue weighted by Crippen LogP contribution is -2.26. The Morgan fingerprint density at radius 1 is 1.23 bits per heavy atom. The second-order valence-electron chi connectivity index (χ2n) is 8.49. The first-order chi connectivity index (χ1) is 14.9. The highest BCUT2D eigenvalue weighted by molar-refractivity contribution is 7.10. The average molecular weight is 444 g/mol. The predicted molar refractivity (Wildman–Crippen MR) is 121 cm³/mol. The lowest BCUT2D eigenvalue weighted by Gasteiger charge is -2.20. The monoisotopic (exact) mass is 443 g/mol. The third-order valence-corrected chi connectivity index (χ3v) is 5.93. The number of oxime groups is 1. The van der Waals surface area contributed by atoms with E-state index in [1.807, 2.05) is 56.5 Å². The van der Waals surface area contributed by atoms with Crippen molar-refractivity contribution < 1.29 is 19.2 Å². The van der Waals surface area contributed by atoms with Crippen LogP contribution in [0.3, 0.4) is 0 Å². The summed E-state index contributed by atoms with van der Waals surface area (Å²) in [6, 6.07) is 9.22. The van der Waals surface area contributed by atoms with Crippen LogP contribution in [0.25, 0.3) is 0 Å². The Morgan fingerprint density at radius 3 is 2.55 bits per heavy atom. The Kier molecular flexibility index (Phi) is 7.92. The molecule has 1 aromatic carbocycles. The highest BCUT2D eigenvalue weighted by Crippen LogP contribution is 2.29. The Morgan fingerprint density at radius 2 is 1.94 bits per heavy atom. The van der Waals surface area contributed by atoms with E-state index in [1.54, 1.807) is 11.3 Å². The Labute approximate surface area is 186 Å². The number of piperidine rings is 1. The van der Waals surface area contributed by atoms with Crippen LogP contribution in [0.4, 0.5) is 0 Å². The van der Waals surface area contributed by atoms with Crippen molar-refractivity contribution in [2.45, 2.75) is 57.7 Å². The van der Waals surface area contributed by atoms with Crippen LogP contribution in [0.15, 0.2) is 40.9 Å².